The van der Waals surface area contributed by atoms with Crippen LogP contribution in [0, 0.1) is 0 Å². The van der Waals surface area contributed by atoms with Gasteiger partial charge in [-0.1, -0.05) is 0 Å². The van der Waals surface area contributed by atoms with Crippen LogP contribution in [-0.2, 0) is 0 Å². The highest BCUT2D eigenvalue weighted by atomic mass is 16.5. The van der Waals surface area contributed by atoms with Crippen molar-refractivity contribution in [3.63, 3.8) is 0 Å². The molecule has 0 aromatic carbocycles. The molecule has 0 amide bonds. The van der Waals surface area contributed by atoms with Gasteiger partial charge in [0, 0.05) is 31.4 Å². The van der Waals surface area contributed by atoms with E-state index < -0.39 is 0 Å². The topological polar surface area (TPSA) is 67.3 Å². The highest BCUT2D eigenvalue weighted by molar-refractivity contribution is 5.44. The van der Waals surface area contributed by atoms with Gasteiger partial charge in [0.15, 0.2) is 5.75 Å². The first-order valence-electron chi connectivity index (χ1n) is 8.00. The third-order valence-corrected chi connectivity index (χ3v) is 4.46. The molecular weight excluding hydrogens is 292 g/mol. The second-order valence-electron chi connectivity index (χ2n) is 6.02. The van der Waals surface area contributed by atoms with Gasteiger partial charge in [0.2, 0.25) is 5.95 Å². The summed E-state index contributed by atoms with van der Waals surface area (Å²) in [5.74, 6) is 2.49. The van der Waals surface area contributed by atoms with Gasteiger partial charge in [0.05, 0.1) is 19.5 Å². The molecule has 1 aliphatic heterocycles. The lowest BCUT2D eigenvalue weighted by molar-refractivity contribution is 0.410. The minimum absolute atomic E-state index is 0.447. The summed E-state index contributed by atoms with van der Waals surface area (Å²) in [6.45, 7) is 1.89. The van der Waals surface area contributed by atoms with Gasteiger partial charge in [-0.15, -0.1) is 0 Å². The van der Waals surface area contributed by atoms with Crippen LogP contribution >= 0.6 is 0 Å². The molecule has 4 rings (SSSR count). The van der Waals surface area contributed by atoms with Gasteiger partial charge in [-0.05, 0) is 25.3 Å². The van der Waals surface area contributed by atoms with Gasteiger partial charge in [0.25, 0.3) is 0 Å². The number of rotatable bonds is 5. The molecule has 1 unspecified atom stereocenters. The van der Waals surface area contributed by atoms with Gasteiger partial charge in [-0.25, -0.2) is 19.9 Å². The van der Waals surface area contributed by atoms with E-state index in [2.05, 4.69) is 29.7 Å². The first kappa shape index (κ1) is 14.2. The standard InChI is InChI=1S/C16H20N6O/c1-23-14-8-18-16(19-9-14)21-7-5-13(10-21)22(12-2-3-12)15-4-6-17-11-20-15/h4,6,8-9,11-13H,2-3,5,7,10H2,1H3. The van der Waals surface area contributed by atoms with Crippen LogP contribution in [0.15, 0.2) is 31.0 Å². The Morgan fingerprint density at radius 3 is 2.61 bits per heavy atom. The van der Waals surface area contributed by atoms with E-state index in [1.54, 1.807) is 25.8 Å². The average Bonchev–Trinajstić information content (AvgIpc) is 3.32. The predicted molar refractivity (Wildman–Crippen MR) is 86.7 cm³/mol. The molecule has 120 valence electrons. The van der Waals surface area contributed by atoms with Crippen LogP contribution in [0.4, 0.5) is 11.8 Å². The van der Waals surface area contributed by atoms with Crippen LogP contribution in [0.1, 0.15) is 19.3 Å². The smallest absolute Gasteiger partial charge is 0.225 e. The van der Waals surface area contributed by atoms with Crippen molar-refractivity contribution >= 4 is 11.8 Å². The fraction of sp³-hybridized carbons (Fsp3) is 0.500. The maximum absolute atomic E-state index is 5.12. The van der Waals surface area contributed by atoms with E-state index in [9.17, 15) is 0 Å². The minimum Gasteiger partial charge on any atom is -0.494 e. The third kappa shape index (κ3) is 2.91. The first-order valence-corrected chi connectivity index (χ1v) is 8.00. The van der Waals surface area contributed by atoms with E-state index in [1.165, 1.54) is 12.8 Å². The summed E-state index contributed by atoms with van der Waals surface area (Å²) in [5.41, 5.74) is 0. The molecule has 7 nitrogen and oxygen atoms in total. The summed E-state index contributed by atoms with van der Waals surface area (Å²) in [4.78, 5) is 22.0. The van der Waals surface area contributed by atoms with Crippen LogP contribution in [0.25, 0.3) is 0 Å². The van der Waals surface area contributed by atoms with E-state index >= 15 is 0 Å². The second-order valence-corrected chi connectivity index (χ2v) is 6.02. The number of aromatic nitrogens is 4. The molecule has 23 heavy (non-hydrogen) atoms. The highest BCUT2D eigenvalue weighted by Crippen LogP contribution is 2.35. The molecular formula is C16H20N6O. The molecule has 0 radical (unpaired) electrons. The largest absolute Gasteiger partial charge is 0.494 e. The number of methoxy groups -OCH3 is 1. The van der Waals surface area contributed by atoms with Crippen molar-refractivity contribution in [1.82, 2.24) is 19.9 Å². The van der Waals surface area contributed by atoms with Crippen LogP contribution in [0.3, 0.4) is 0 Å². The summed E-state index contributed by atoms with van der Waals surface area (Å²) in [7, 11) is 1.62. The molecule has 1 aliphatic carbocycles. The third-order valence-electron chi connectivity index (χ3n) is 4.46. The summed E-state index contributed by atoms with van der Waals surface area (Å²) in [6, 6.07) is 3.07. The van der Waals surface area contributed by atoms with Gasteiger partial charge in [-0.2, -0.15) is 0 Å². The maximum atomic E-state index is 5.12. The Kier molecular flexibility index (Phi) is 3.69. The first-order chi connectivity index (χ1) is 11.3. The number of nitrogens with zero attached hydrogens (tertiary/aromatic N) is 6. The van der Waals surface area contributed by atoms with E-state index in [4.69, 9.17) is 4.74 Å². The van der Waals surface area contributed by atoms with Gasteiger partial charge in [-0.3, -0.25) is 0 Å². The monoisotopic (exact) mass is 312 g/mol. The van der Waals surface area contributed by atoms with Crippen LogP contribution < -0.4 is 14.5 Å². The number of hydrogen-bond donors (Lipinski definition) is 0. The van der Waals surface area contributed by atoms with Crippen molar-refractivity contribution < 1.29 is 4.74 Å². The second kappa shape index (κ2) is 5.98. The Hall–Kier alpha value is -2.44. The minimum atomic E-state index is 0.447. The molecule has 1 atom stereocenters. The summed E-state index contributed by atoms with van der Waals surface area (Å²) >= 11 is 0. The van der Waals surface area contributed by atoms with Crippen LogP contribution in [0.2, 0.25) is 0 Å². The lowest BCUT2D eigenvalue weighted by Crippen LogP contribution is -2.40. The summed E-state index contributed by atoms with van der Waals surface area (Å²) in [5, 5.41) is 0. The summed E-state index contributed by atoms with van der Waals surface area (Å²) in [6.07, 6.45) is 10.5. The normalized spacial score (nSPS) is 20.6. The summed E-state index contributed by atoms with van der Waals surface area (Å²) < 4.78 is 5.12. The molecule has 3 heterocycles. The molecule has 2 fully saturated rings. The Balaban J connectivity index is 1.50. The predicted octanol–water partition coefficient (Wildman–Crippen LogP) is 1.52. The van der Waals surface area contributed by atoms with Crippen molar-refractivity contribution in [3.05, 3.63) is 31.0 Å². The molecule has 1 saturated carbocycles. The average molecular weight is 312 g/mol. The Bertz CT molecular complexity index is 645. The van der Waals surface area contributed by atoms with Crippen molar-refractivity contribution in [2.24, 2.45) is 0 Å². The Labute approximate surface area is 135 Å². The zero-order valence-electron chi connectivity index (χ0n) is 13.2. The van der Waals surface area contributed by atoms with Crippen molar-refractivity contribution in [2.75, 3.05) is 30.0 Å². The Morgan fingerprint density at radius 1 is 1.13 bits per heavy atom. The fourth-order valence-corrected chi connectivity index (χ4v) is 3.19. The number of ether oxygens (including phenoxy) is 1. The van der Waals surface area contributed by atoms with Gasteiger partial charge >= 0.3 is 0 Å². The van der Waals surface area contributed by atoms with E-state index in [0.717, 1.165) is 31.3 Å². The van der Waals surface area contributed by atoms with Crippen molar-refractivity contribution in [2.45, 2.75) is 31.3 Å². The molecule has 1 saturated heterocycles. The highest BCUT2D eigenvalue weighted by Gasteiger charge is 2.38. The van der Waals surface area contributed by atoms with Gasteiger partial charge < -0.3 is 14.5 Å². The van der Waals surface area contributed by atoms with E-state index in [0.29, 0.717) is 17.8 Å². The lowest BCUT2D eigenvalue weighted by atomic mass is 10.2. The van der Waals surface area contributed by atoms with Gasteiger partial charge in [0.1, 0.15) is 12.1 Å². The Morgan fingerprint density at radius 2 is 1.96 bits per heavy atom. The van der Waals surface area contributed by atoms with E-state index in [-0.39, 0.29) is 0 Å². The number of hydrogen-bond acceptors (Lipinski definition) is 7. The SMILES string of the molecule is COc1cnc(N2CCC(N(c3ccncn3)C3CC3)C2)nc1. The zero-order chi connectivity index (χ0) is 15.6. The quantitative estimate of drug-likeness (QED) is 0.829. The van der Waals surface area contributed by atoms with Crippen LogP contribution in [-0.4, -0.2) is 52.2 Å². The van der Waals surface area contributed by atoms with Crippen molar-refractivity contribution in [3.8, 4) is 5.75 Å². The molecule has 2 aromatic rings. The molecule has 7 heteroatoms. The van der Waals surface area contributed by atoms with Crippen molar-refractivity contribution in [1.29, 1.82) is 0 Å². The molecule has 2 aliphatic rings. The molecule has 2 aromatic heterocycles. The lowest BCUT2D eigenvalue weighted by Gasteiger charge is -2.30. The van der Waals surface area contributed by atoms with Crippen LogP contribution in [0.5, 0.6) is 5.75 Å². The van der Waals surface area contributed by atoms with E-state index in [1.807, 2.05) is 12.3 Å². The maximum Gasteiger partial charge on any atom is 0.225 e. The fourth-order valence-electron chi connectivity index (χ4n) is 3.19. The molecule has 0 bridgehead atoms. The number of anilines is 2. The molecule has 0 spiro atoms. The zero-order valence-corrected chi connectivity index (χ0v) is 13.2. The molecule has 0 N–H and O–H groups in total.